The fourth-order valence-electron chi connectivity index (χ4n) is 1.10. The van der Waals surface area contributed by atoms with E-state index in [1.54, 1.807) is 6.07 Å². The number of nitrogens with zero attached hydrogens (tertiary/aromatic N) is 1. The number of aliphatic carboxylic acids is 1. The maximum atomic E-state index is 11.7. The Morgan fingerprint density at radius 1 is 1.50 bits per heavy atom. The number of ether oxygens (including phenoxy) is 1. The van der Waals surface area contributed by atoms with Crippen LogP contribution in [-0.4, -0.2) is 23.7 Å². The molecule has 0 saturated heterocycles. The van der Waals surface area contributed by atoms with Crippen LogP contribution in [0, 0.1) is 17.2 Å². The van der Waals surface area contributed by atoms with E-state index in [2.05, 4.69) is 0 Å². The standard InChI is InChI=1S/C13H17NO4/c1-3-4-8-18-13(17)11(6-5-7-14)9-10(2)12(15)16/h5-6,9,11H,3-4,8H2,1-2H3,(H,15,16). The molecule has 0 aromatic heterocycles. The molecule has 18 heavy (non-hydrogen) atoms. The Balaban J connectivity index is 4.74. The van der Waals surface area contributed by atoms with Crippen molar-refractivity contribution >= 4 is 11.9 Å². The lowest BCUT2D eigenvalue weighted by Crippen LogP contribution is -2.16. The number of nitriles is 1. The minimum atomic E-state index is -1.10. The molecule has 0 aromatic rings. The number of hydrogen-bond acceptors (Lipinski definition) is 4. The molecule has 0 aliphatic carbocycles. The van der Waals surface area contributed by atoms with Gasteiger partial charge in [-0.2, -0.15) is 5.26 Å². The molecule has 0 heterocycles. The van der Waals surface area contributed by atoms with Crippen molar-refractivity contribution in [2.45, 2.75) is 26.7 Å². The second-order valence-corrected chi connectivity index (χ2v) is 3.69. The summed E-state index contributed by atoms with van der Waals surface area (Å²) in [6, 6.07) is 1.76. The van der Waals surface area contributed by atoms with Crippen LogP contribution >= 0.6 is 0 Å². The highest BCUT2D eigenvalue weighted by Crippen LogP contribution is 2.09. The molecule has 0 aliphatic rings. The summed E-state index contributed by atoms with van der Waals surface area (Å²) in [6.45, 7) is 3.65. The van der Waals surface area contributed by atoms with Gasteiger partial charge in [-0.1, -0.05) is 25.5 Å². The average molecular weight is 251 g/mol. The van der Waals surface area contributed by atoms with Crippen LogP contribution in [0.15, 0.2) is 23.8 Å². The third-order valence-electron chi connectivity index (χ3n) is 2.16. The van der Waals surface area contributed by atoms with Crippen LogP contribution in [-0.2, 0) is 14.3 Å². The fraction of sp³-hybridized carbons (Fsp3) is 0.462. The second-order valence-electron chi connectivity index (χ2n) is 3.69. The maximum Gasteiger partial charge on any atom is 0.330 e. The molecule has 0 spiro atoms. The van der Waals surface area contributed by atoms with Crippen LogP contribution in [0.25, 0.3) is 0 Å². The van der Waals surface area contributed by atoms with Crippen LogP contribution in [0.4, 0.5) is 0 Å². The average Bonchev–Trinajstić information content (AvgIpc) is 2.34. The summed E-state index contributed by atoms with van der Waals surface area (Å²) in [5.41, 5.74) is 0.0371. The molecule has 0 amide bonds. The Labute approximate surface area is 106 Å². The van der Waals surface area contributed by atoms with Gasteiger partial charge >= 0.3 is 11.9 Å². The summed E-state index contributed by atoms with van der Waals surface area (Å²) in [4.78, 5) is 22.3. The first-order valence-electron chi connectivity index (χ1n) is 5.67. The van der Waals surface area contributed by atoms with Crippen molar-refractivity contribution in [2.75, 3.05) is 6.61 Å². The molecular formula is C13H17NO4. The normalized spacial score (nSPS) is 13.1. The Kier molecular flexibility index (Phi) is 7.95. The number of hydrogen-bond donors (Lipinski definition) is 1. The lowest BCUT2D eigenvalue weighted by atomic mass is 10.1. The third-order valence-corrected chi connectivity index (χ3v) is 2.16. The molecule has 0 aliphatic heterocycles. The Bertz CT molecular complexity index is 390. The minimum absolute atomic E-state index is 0.0371. The van der Waals surface area contributed by atoms with Gasteiger partial charge in [0.15, 0.2) is 0 Å². The van der Waals surface area contributed by atoms with E-state index in [0.29, 0.717) is 6.61 Å². The molecule has 0 fully saturated rings. The number of unbranched alkanes of at least 4 members (excludes halogenated alkanes) is 1. The van der Waals surface area contributed by atoms with E-state index in [9.17, 15) is 9.59 Å². The lowest BCUT2D eigenvalue weighted by molar-refractivity contribution is -0.145. The third kappa shape index (κ3) is 6.48. The number of carboxylic acid groups (broad SMARTS) is 1. The SMILES string of the molecule is CCCCOC(=O)C(C=CC#N)C=C(C)C(=O)O. The zero-order valence-electron chi connectivity index (χ0n) is 10.5. The van der Waals surface area contributed by atoms with Gasteiger partial charge in [0.25, 0.3) is 0 Å². The van der Waals surface area contributed by atoms with Crippen LogP contribution in [0.5, 0.6) is 0 Å². The van der Waals surface area contributed by atoms with Crippen LogP contribution in [0.2, 0.25) is 0 Å². The van der Waals surface area contributed by atoms with Gasteiger partial charge in [0, 0.05) is 11.6 Å². The molecule has 0 saturated carbocycles. The van der Waals surface area contributed by atoms with Crippen molar-refractivity contribution in [1.82, 2.24) is 0 Å². The van der Waals surface area contributed by atoms with Gasteiger partial charge in [-0.25, -0.2) is 4.79 Å². The number of rotatable bonds is 7. The van der Waals surface area contributed by atoms with Crippen molar-refractivity contribution in [3.63, 3.8) is 0 Å². The van der Waals surface area contributed by atoms with E-state index in [1.807, 2.05) is 6.92 Å². The first-order chi connectivity index (χ1) is 8.52. The number of carboxylic acids is 1. The molecule has 5 heteroatoms. The van der Waals surface area contributed by atoms with Gasteiger partial charge in [-0.05, 0) is 13.3 Å². The van der Waals surface area contributed by atoms with Crippen molar-refractivity contribution in [1.29, 1.82) is 5.26 Å². The molecule has 1 atom stereocenters. The monoisotopic (exact) mass is 251 g/mol. The molecular weight excluding hydrogens is 234 g/mol. The second kappa shape index (κ2) is 8.99. The largest absolute Gasteiger partial charge is 0.478 e. The summed E-state index contributed by atoms with van der Waals surface area (Å²) in [6.07, 6.45) is 5.38. The molecule has 1 unspecified atom stereocenters. The molecule has 0 aromatic carbocycles. The first-order valence-corrected chi connectivity index (χ1v) is 5.67. The summed E-state index contributed by atoms with van der Waals surface area (Å²) >= 11 is 0. The van der Waals surface area contributed by atoms with Gasteiger partial charge < -0.3 is 9.84 Å². The first kappa shape index (κ1) is 15.9. The van der Waals surface area contributed by atoms with E-state index in [4.69, 9.17) is 15.1 Å². The van der Waals surface area contributed by atoms with E-state index in [1.165, 1.54) is 19.1 Å². The van der Waals surface area contributed by atoms with Crippen molar-refractivity contribution in [2.24, 2.45) is 5.92 Å². The topological polar surface area (TPSA) is 87.4 Å². The Morgan fingerprint density at radius 3 is 2.67 bits per heavy atom. The van der Waals surface area contributed by atoms with Gasteiger partial charge in [0.05, 0.1) is 18.6 Å². The lowest BCUT2D eigenvalue weighted by Gasteiger charge is -2.08. The highest BCUT2D eigenvalue weighted by Gasteiger charge is 2.16. The summed E-state index contributed by atoms with van der Waals surface area (Å²) in [5, 5.41) is 17.2. The number of allylic oxidation sites excluding steroid dienone is 1. The van der Waals surface area contributed by atoms with Crippen LogP contribution < -0.4 is 0 Å². The summed E-state index contributed by atoms with van der Waals surface area (Å²) in [7, 11) is 0. The van der Waals surface area contributed by atoms with Gasteiger partial charge in [-0.3, -0.25) is 4.79 Å². The zero-order chi connectivity index (χ0) is 14.0. The molecule has 0 bridgehead atoms. The highest BCUT2D eigenvalue weighted by molar-refractivity contribution is 5.87. The predicted octanol–water partition coefficient (Wildman–Crippen LogP) is 2.06. The van der Waals surface area contributed by atoms with E-state index in [-0.39, 0.29) is 5.57 Å². The molecule has 98 valence electrons. The van der Waals surface area contributed by atoms with Crippen molar-refractivity contribution in [3.05, 3.63) is 23.8 Å². The van der Waals surface area contributed by atoms with Crippen LogP contribution in [0.1, 0.15) is 26.7 Å². The number of esters is 1. The van der Waals surface area contributed by atoms with E-state index < -0.39 is 17.9 Å². The van der Waals surface area contributed by atoms with Gasteiger partial charge in [0.2, 0.25) is 0 Å². The summed E-state index contributed by atoms with van der Waals surface area (Å²) in [5.74, 6) is -2.49. The minimum Gasteiger partial charge on any atom is -0.478 e. The Morgan fingerprint density at radius 2 is 2.17 bits per heavy atom. The van der Waals surface area contributed by atoms with E-state index >= 15 is 0 Å². The predicted molar refractivity (Wildman–Crippen MR) is 65.5 cm³/mol. The van der Waals surface area contributed by atoms with Crippen molar-refractivity contribution in [3.8, 4) is 6.07 Å². The van der Waals surface area contributed by atoms with Crippen LogP contribution in [0.3, 0.4) is 0 Å². The van der Waals surface area contributed by atoms with Crippen molar-refractivity contribution < 1.29 is 19.4 Å². The molecule has 0 radical (unpaired) electrons. The summed E-state index contributed by atoms with van der Waals surface area (Å²) < 4.78 is 4.99. The Hall–Kier alpha value is -2.09. The maximum absolute atomic E-state index is 11.7. The number of carbonyl (C=O) groups excluding carboxylic acids is 1. The van der Waals surface area contributed by atoms with Gasteiger partial charge in [-0.15, -0.1) is 0 Å². The molecule has 0 rings (SSSR count). The quantitative estimate of drug-likeness (QED) is 0.324. The molecule has 5 nitrogen and oxygen atoms in total. The number of carbonyl (C=O) groups is 2. The smallest absolute Gasteiger partial charge is 0.330 e. The van der Waals surface area contributed by atoms with E-state index in [0.717, 1.165) is 18.9 Å². The zero-order valence-corrected chi connectivity index (χ0v) is 10.5. The fourth-order valence-corrected chi connectivity index (χ4v) is 1.10. The highest BCUT2D eigenvalue weighted by atomic mass is 16.5. The van der Waals surface area contributed by atoms with Gasteiger partial charge in [0.1, 0.15) is 0 Å². The molecule has 1 N–H and O–H groups in total.